The van der Waals surface area contributed by atoms with Crippen molar-refractivity contribution in [3.8, 4) is 0 Å². The predicted octanol–water partition coefficient (Wildman–Crippen LogP) is 2.07. The van der Waals surface area contributed by atoms with E-state index in [9.17, 15) is 9.59 Å². The van der Waals surface area contributed by atoms with Gasteiger partial charge in [-0.2, -0.15) is 0 Å². The van der Waals surface area contributed by atoms with Gasteiger partial charge in [-0.3, -0.25) is 4.79 Å². The molecule has 0 unspecified atom stereocenters. The number of rotatable bonds is 6. The standard InChI is InChI=1S/C18H22N4O3/c23-17(13-6-4-7-14(12-13)18(24)25)19-10-5-9-16-21-20-15-8-2-1-3-11-22(15)16/h4,6-7,12H,1-3,5,8-11H2,(H,19,23)(H,24,25). The highest BCUT2D eigenvalue weighted by Crippen LogP contribution is 2.15. The number of benzene rings is 1. The summed E-state index contributed by atoms with van der Waals surface area (Å²) in [5, 5.41) is 20.4. The van der Waals surface area contributed by atoms with E-state index in [1.54, 1.807) is 12.1 Å². The van der Waals surface area contributed by atoms with Gasteiger partial charge < -0.3 is 15.0 Å². The van der Waals surface area contributed by atoms with Gasteiger partial charge in [0, 0.05) is 31.5 Å². The van der Waals surface area contributed by atoms with Crippen molar-refractivity contribution in [2.45, 2.75) is 45.1 Å². The highest BCUT2D eigenvalue weighted by atomic mass is 16.4. The average Bonchev–Trinajstić information content (AvgIpc) is 2.85. The number of hydrogen-bond donors (Lipinski definition) is 2. The Morgan fingerprint density at radius 2 is 2.00 bits per heavy atom. The molecule has 3 rings (SSSR count). The third kappa shape index (κ3) is 4.23. The summed E-state index contributed by atoms with van der Waals surface area (Å²) in [5.41, 5.74) is 0.468. The van der Waals surface area contributed by atoms with Gasteiger partial charge in [0.2, 0.25) is 0 Å². The molecular weight excluding hydrogens is 320 g/mol. The number of amides is 1. The molecule has 0 spiro atoms. The maximum Gasteiger partial charge on any atom is 0.335 e. The second kappa shape index (κ2) is 7.92. The molecule has 7 heteroatoms. The second-order valence-electron chi connectivity index (χ2n) is 6.24. The molecule has 2 aromatic rings. The van der Waals surface area contributed by atoms with Crippen molar-refractivity contribution in [2.75, 3.05) is 6.54 Å². The minimum Gasteiger partial charge on any atom is -0.478 e. The van der Waals surface area contributed by atoms with Gasteiger partial charge in [0.1, 0.15) is 11.6 Å². The fourth-order valence-electron chi connectivity index (χ4n) is 3.07. The largest absolute Gasteiger partial charge is 0.478 e. The Morgan fingerprint density at radius 3 is 2.84 bits per heavy atom. The van der Waals surface area contributed by atoms with Crippen LogP contribution in [0.25, 0.3) is 0 Å². The van der Waals surface area contributed by atoms with Gasteiger partial charge in [0.25, 0.3) is 5.91 Å². The zero-order valence-electron chi connectivity index (χ0n) is 14.1. The van der Waals surface area contributed by atoms with Crippen molar-refractivity contribution in [2.24, 2.45) is 0 Å². The SMILES string of the molecule is O=C(O)c1cccc(C(=O)NCCCc2nnc3n2CCCCC3)c1. The van der Waals surface area contributed by atoms with Crippen molar-refractivity contribution >= 4 is 11.9 Å². The Hall–Kier alpha value is -2.70. The first-order chi connectivity index (χ1) is 12.1. The van der Waals surface area contributed by atoms with Crippen molar-refractivity contribution in [3.63, 3.8) is 0 Å². The first-order valence-electron chi connectivity index (χ1n) is 8.67. The molecule has 1 aliphatic rings. The summed E-state index contributed by atoms with van der Waals surface area (Å²) < 4.78 is 2.21. The van der Waals surface area contributed by atoms with Crippen LogP contribution in [-0.2, 0) is 19.4 Å². The lowest BCUT2D eigenvalue weighted by molar-refractivity contribution is 0.0697. The number of fused-ring (bicyclic) bond motifs is 1. The van der Waals surface area contributed by atoms with Gasteiger partial charge in [-0.15, -0.1) is 10.2 Å². The Balaban J connectivity index is 1.50. The number of nitrogens with zero attached hydrogens (tertiary/aromatic N) is 3. The average molecular weight is 342 g/mol. The van der Waals surface area contributed by atoms with Crippen LogP contribution in [0.4, 0.5) is 0 Å². The van der Waals surface area contributed by atoms with E-state index in [-0.39, 0.29) is 11.5 Å². The quantitative estimate of drug-likeness (QED) is 0.783. The zero-order chi connectivity index (χ0) is 17.6. The molecule has 1 aromatic heterocycles. The van der Waals surface area contributed by atoms with Crippen molar-refractivity contribution in [3.05, 3.63) is 47.0 Å². The number of aromatic carboxylic acids is 1. The van der Waals surface area contributed by atoms with Crippen molar-refractivity contribution in [1.29, 1.82) is 0 Å². The van der Waals surface area contributed by atoms with Crippen LogP contribution in [0, 0.1) is 0 Å². The van der Waals surface area contributed by atoms with Gasteiger partial charge in [0.05, 0.1) is 5.56 Å². The van der Waals surface area contributed by atoms with Crippen LogP contribution < -0.4 is 5.32 Å². The van der Waals surface area contributed by atoms with E-state index < -0.39 is 5.97 Å². The monoisotopic (exact) mass is 342 g/mol. The minimum atomic E-state index is -1.04. The third-order valence-corrected chi connectivity index (χ3v) is 4.42. The molecule has 1 aliphatic heterocycles. The number of nitrogens with one attached hydrogen (secondary N) is 1. The molecule has 0 bridgehead atoms. The molecule has 0 saturated carbocycles. The topological polar surface area (TPSA) is 97.1 Å². The Bertz CT molecular complexity index is 769. The molecule has 132 valence electrons. The van der Waals surface area contributed by atoms with E-state index in [2.05, 4.69) is 20.1 Å². The molecule has 25 heavy (non-hydrogen) atoms. The number of carboxylic acids is 1. The molecule has 0 atom stereocenters. The van der Waals surface area contributed by atoms with Gasteiger partial charge >= 0.3 is 5.97 Å². The fourth-order valence-corrected chi connectivity index (χ4v) is 3.07. The van der Waals surface area contributed by atoms with Crippen LogP contribution in [0.5, 0.6) is 0 Å². The molecule has 1 aromatic carbocycles. The number of aryl methyl sites for hydroxylation is 2. The zero-order valence-corrected chi connectivity index (χ0v) is 14.1. The lowest BCUT2D eigenvalue weighted by atomic mass is 10.1. The first kappa shape index (κ1) is 17.1. The normalized spacial score (nSPS) is 13.8. The van der Waals surface area contributed by atoms with Crippen molar-refractivity contribution < 1.29 is 14.7 Å². The van der Waals surface area contributed by atoms with Crippen LogP contribution in [0.15, 0.2) is 24.3 Å². The van der Waals surface area contributed by atoms with Crippen LogP contribution in [0.3, 0.4) is 0 Å². The smallest absolute Gasteiger partial charge is 0.335 e. The first-order valence-corrected chi connectivity index (χ1v) is 8.67. The molecule has 2 N–H and O–H groups in total. The number of carbonyl (C=O) groups is 2. The van der Waals surface area contributed by atoms with Crippen LogP contribution in [0.1, 0.15) is 58.0 Å². The summed E-state index contributed by atoms with van der Waals surface area (Å²) in [6.07, 6.45) is 6.08. The second-order valence-corrected chi connectivity index (χ2v) is 6.24. The lowest BCUT2D eigenvalue weighted by Gasteiger charge is -2.08. The van der Waals surface area contributed by atoms with Crippen LogP contribution in [0.2, 0.25) is 0 Å². The molecule has 2 heterocycles. The molecule has 0 radical (unpaired) electrons. The maximum atomic E-state index is 12.1. The molecular formula is C18H22N4O3. The summed E-state index contributed by atoms with van der Waals surface area (Å²) in [4.78, 5) is 23.1. The Morgan fingerprint density at radius 1 is 1.16 bits per heavy atom. The number of aromatic nitrogens is 3. The van der Waals surface area contributed by atoms with E-state index in [0.717, 1.165) is 43.9 Å². The summed E-state index contributed by atoms with van der Waals surface area (Å²) in [7, 11) is 0. The summed E-state index contributed by atoms with van der Waals surface area (Å²) in [6.45, 7) is 1.49. The van der Waals surface area contributed by atoms with E-state index >= 15 is 0 Å². The van der Waals surface area contributed by atoms with Crippen molar-refractivity contribution in [1.82, 2.24) is 20.1 Å². The van der Waals surface area contributed by atoms with E-state index in [1.807, 2.05) is 0 Å². The predicted molar refractivity (Wildman–Crippen MR) is 91.6 cm³/mol. The van der Waals surface area contributed by atoms with Gasteiger partial charge in [0.15, 0.2) is 0 Å². The molecule has 7 nitrogen and oxygen atoms in total. The minimum absolute atomic E-state index is 0.110. The maximum absolute atomic E-state index is 12.1. The van der Waals surface area contributed by atoms with E-state index in [0.29, 0.717) is 12.1 Å². The Kier molecular flexibility index (Phi) is 5.42. The number of hydrogen-bond acceptors (Lipinski definition) is 4. The number of carbonyl (C=O) groups excluding carboxylic acids is 1. The fraction of sp³-hybridized carbons (Fsp3) is 0.444. The molecule has 0 aliphatic carbocycles. The highest BCUT2D eigenvalue weighted by Gasteiger charge is 2.14. The summed E-state index contributed by atoms with van der Waals surface area (Å²) >= 11 is 0. The van der Waals surface area contributed by atoms with Crippen LogP contribution in [-0.4, -0.2) is 38.3 Å². The van der Waals surface area contributed by atoms with E-state index in [4.69, 9.17) is 5.11 Å². The number of carboxylic acid groups (broad SMARTS) is 1. The lowest BCUT2D eigenvalue weighted by Crippen LogP contribution is -2.25. The summed E-state index contributed by atoms with van der Waals surface area (Å²) in [5.74, 6) is 0.756. The van der Waals surface area contributed by atoms with Gasteiger partial charge in [-0.1, -0.05) is 12.5 Å². The summed E-state index contributed by atoms with van der Waals surface area (Å²) in [6, 6.07) is 6.04. The highest BCUT2D eigenvalue weighted by molar-refractivity contribution is 5.97. The van der Waals surface area contributed by atoms with E-state index in [1.165, 1.54) is 25.0 Å². The Labute approximate surface area is 146 Å². The van der Waals surface area contributed by atoms with Crippen LogP contribution >= 0.6 is 0 Å². The van der Waals surface area contributed by atoms with Gasteiger partial charge in [-0.05, 0) is 37.5 Å². The van der Waals surface area contributed by atoms with Gasteiger partial charge in [-0.25, -0.2) is 4.79 Å². The third-order valence-electron chi connectivity index (χ3n) is 4.42. The molecule has 0 saturated heterocycles. The molecule has 1 amide bonds. The molecule has 0 fully saturated rings.